The summed E-state index contributed by atoms with van der Waals surface area (Å²) in [5, 5.41) is 3.96. The smallest absolute Gasteiger partial charge is 0.264 e. The Bertz CT molecular complexity index is 1300. The molecule has 1 amide bonds. The number of amides is 1. The minimum Gasteiger partial charge on any atom is -0.497 e. The first-order valence-corrected chi connectivity index (χ1v) is 12.1. The Morgan fingerprint density at radius 2 is 1.56 bits per heavy atom. The molecule has 190 valence electrons. The van der Waals surface area contributed by atoms with Crippen LogP contribution in [-0.2, 0) is 14.8 Å². The van der Waals surface area contributed by atoms with Gasteiger partial charge >= 0.3 is 0 Å². The lowest BCUT2D eigenvalue weighted by atomic mass is 10.2. The molecule has 0 heterocycles. The highest BCUT2D eigenvalue weighted by Gasteiger charge is 2.27. The zero-order valence-electron chi connectivity index (χ0n) is 20.3. The summed E-state index contributed by atoms with van der Waals surface area (Å²) in [5.74, 6) is 1.05. The van der Waals surface area contributed by atoms with Crippen LogP contribution in [0.15, 0.2) is 76.7 Å². The Labute approximate surface area is 210 Å². The van der Waals surface area contributed by atoms with Crippen LogP contribution in [0.5, 0.6) is 23.0 Å². The molecule has 0 aliphatic heterocycles. The van der Waals surface area contributed by atoms with Gasteiger partial charge in [-0.1, -0.05) is 24.3 Å². The average molecular weight is 514 g/mol. The highest BCUT2D eigenvalue weighted by molar-refractivity contribution is 7.92. The Hall–Kier alpha value is -4.25. The van der Waals surface area contributed by atoms with E-state index in [0.717, 1.165) is 4.31 Å². The van der Waals surface area contributed by atoms with Crippen LogP contribution < -0.4 is 28.7 Å². The van der Waals surface area contributed by atoms with E-state index >= 15 is 0 Å². The number of anilines is 1. The van der Waals surface area contributed by atoms with Crippen molar-refractivity contribution in [2.45, 2.75) is 4.90 Å². The summed E-state index contributed by atoms with van der Waals surface area (Å²) in [6, 6.07) is 17.6. The van der Waals surface area contributed by atoms with Gasteiger partial charge in [-0.15, -0.1) is 0 Å². The molecule has 0 bridgehead atoms. The second-order valence-electron chi connectivity index (χ2n) is 7.28. The van der Waals surface area contributed by atoms with Gasteiger partial charge < -0.3 is 18.9 Å². The third-order valence-corrected chi connectivity index (χ3v) is 6.84. The molecule has 0 atom stereocenters. The van der Waals surface area contributed by atoms with Gasteiger partial charge in [0, 0.05) is 11.6 Å². The zero-order valence-corrected chi connectivity index (χ0v) is 21.1. The molecule has 1 N–H and O–H groups in total. The SMILES string of the molecule is COc1cccc(N(CC(=O)N/N=C\c2cc(OC)c(OC)c(OC)c2)S(=O)(=O)c2ccccc2)c1. The van der Waals surface area contributed by atoms with Crippen LogP contribution in [0.2, 0.25) is 0 Å². The molecule has 0 fully saturated rings. The first-order chi connectivity index (χ1) is 17.3. The summed E-state index contributed by atoms with van der Waals surface area (Å²) in [6.07, 6.45) is 1.38. The molecular weight excluding hydrogens is 486 g/mol. The summed E-state index contributed by atoms with van der Waals surface area (Å²) >= 11 is 0. The van der Waals surface area contributed by atoms with E-state index in [2.05, 4.69) is 10.5 Å². The van der Waals surface area contributed by atoms with Crippen LogP contribution in [0.4, 0.5) is 5.69 Å². The number of hydrogen-bond acceptors (Lipinski definition) is 8. The van der Waals surface area contributed by atoms with Crippen LogP contribution in [0, 0.1) is 0 Å². The van der Waals surface area contributed by atoms with Gasteiger partial charge in [0.25, 0.3) is 15.9 Å². The molecule has 0 unspecified atom stereocenters. The van der Waals surface area contributed by atoms with E-state index in [1.807, 2.05) is 0 Å². The third kappa shape index (κ3) is 6.05. The fourth-order valence-corrected chi connectivity index (χ4v) is 4.75. The quantitative estimate of drug-likeness (QED) is 0.309. The molecule has 0 aliphatic rings. The molecule has 36 heavy (non-hydrogen) atoms. The highest BCUT2D eigenvalue weighted by atomic mass is 32.2. The van der Waals surface area contributed by atoms with Crippen molar-refractivity contribution in [2.24, 2.45) is 5.10 Å². The van der Waals surface area contributed by atoms with Crippen molar-refractivity contribution in [1.82, 2.24) is 5.43 Å². The van der Waals surface area contributed by atoms with Crippen molar-refractivity contribution >= 4 is 27.8 Å². The molecular formula is C25H27N3O7S. The van der Waals surface area contributed by atoms with Gasteiger partial charge in [0.1, 0.15) is 12.3 Å². The van der Waals surface area contributed by atoms with Crippen molar-refractivity contribution < 1.29 is 32.2 Å². The molecule has 3 aromatic rings. The number of methoxy groups -OCH3 is 4. The van der Waals surface area contributed by atoms with Crippen molar-refractivity contribution in [1.29, 1.82) is 0 Å². The lowest BCUT2D eigenvalue weighted by Crippen LogP contribution is -2.39. The maximum atomic E-state index is 13.4. The maximum absolute atomic E-state index is 13.4. The molecule has 3 rings (SSSR count). The number of nitrogens with zero attached hydrogens (tertiary/aromatic N) is 2. The molecule has 0 radical (unpaired) electrons. The summed E-state index contributed by atoms with van der Waals surface area (Å²) < 4.78 is 48.9. The predicted molar refractivity (Wildman–Crippen MR) is 136 cm³/mol. The fourth-order valence-electron chi connectivity index (χ4n) is 3.32. The van der Waals surface area contributed by atoms with E-state index in [1.54, 1.807) is 48.5 Å². The van der Waals surface area contributed by atoms with Gasteiger partial charge in [0.15, 0.2) is 11.5 Å². The van der Waals surface area contributed by atoms with Gasteiger partial charge in [-0.25, -0.2) is 13.8 Å². The number of benzene rings is 3. The molecule has 0 saturated heterocycles. The second kappa shape index (κ2) is 11.9. The lowest BCUT2D eigenvalue weighted by molar-refractivity contribution is -0.119. The lowest BCUT2D eigenvalue weighted by Gasteiger charge is -2.24. The van der Waals surface area contributed by atoms with E-state index in [0.29, 0.717) is 28.6 Å². The number of rotatable bonds is 11. The number of ether oxygens (including phenoxy) is 4. The Morgan fingerprint density at radius 3 is 2.14 bits per heavy atom. The van der Waals surface area contributed by atoms with Crippen LogP contribution >= 0.6 is 0 Å². The van der Waals surface area contributed by atoms with Crippen molar-refractivity contribution in [3.8, 4) is 23.0 Å². The maximum Gasteiger partial charge on any atom is 0.264 e. The standard InChI is InChI=1S/C25H27N3O7S/c1-32-20-10-8-9-19(15-20)28(36(30,31)21-11-6-5-7-12-21)17-24(29)27-26-16-18-13-22(33-2)25(35-4)23(14-18)34-3/h5-16H,17H2,1-4H3,(H,27,29)/b26-16-. The summed E-state index contributed by atoms with van der Waals surface area (Å²) in [7, 11) is 1.88. The van der Waals surface area contributed by atoms with Crippen LogP contribution in [0.25, 0.3) is 0 Å². The Kier molecular flexibility index (Phi) is 8.74. The van der Waals surface area contributed by atoms with Gasteiger partial charge in [0.2, 0.25) is 5.75 Å². The van der Waals surface area contributed by atoms with Gasteiger partial charge in [-0.05, 0) is 36.4 Å². The van der Waals surface area contributed by atoms with Crippen LogP contribution in [0.3, 0.4) is 0 Å². The zero-order chi connectivity index (χ0) is 26.1. The predicted octanol–water partition coefficient (Wildman–Crippen LogP) is 3.07. The fraction of sp³-hybridized carbons (Fsp3) is 0.200. The van der Waals surface area contributed by atoms with Crippen molar-refractivity contribution in [3.05, 3.63) is 72.3 Å². The number of hydrogen-bond donors (Lipinski definition) is 1. The summed E-state index contributed by atoms with van der Waals surface area (Å²) in [5.41, 5.74) is 3.19. The normalized spacial score (nSPS) is 11.1. The first kappa shape index (κ1) is 26.4. The summed E-state index contributed by atoms with van der Waals surface area (Å²) in [4.78, 5) is 12.8. The average Bonchev–Trinajstić information content (AvgIpc) is 2.91. The van der Waals surface area contributed by atoms with E-state index in [1.165, 1.54) is 52.9 Å². The van der Waals surface area contributed by atoms with E-state index in [4.69, 9.17) is 18.9 Å². The largest absolute Gasteiger partial charge is 0.497 e. The molecule has 3 aromatic carbocycles. The molecule has 10 nitrogen and oxygen atoms in total. The summed E-state index contributed by atoms with van der Waals surface area (Å²) in [6.45, 7) is -0.517. The minimum absolute atomic E-state index is 0.0431. The first-order valence-electron chi connectivity index (χ1n) is 10.7. The molecule has 11 heteroatoms. The minimum atomic E-state index is -4.06. The Balaban J connectivity index is 1.85. The number of nitrogens with one attached hydrogen (secondary N) is 1. The topological polar surface area (TPSA) is 116 Å². The van der Waals surface area contributed by atoms with E-state index < -0.39 is 22.5 Å². The number of carbonyl (C=O) groups is 1. The number of carbonyl (C=O) groups excluding carboxylic acids is 1. The van der Waals surface area contributed by atoms with Crippen LogP contribution in [-0.4, -0.2) is 55.5 Å². The van der Waals surface area contributed by atoms with Gasteiger partial charge in [-0.2, -0.15) is 5.10 Å². The van der Waals surface area contributed by atoms with Crippen molar-refractivity contribution in [2.75, 3.05) is 39.3 Å². The second-order valence-corrected chi connectivity index (χ2v) is 9.14. The highest BCUT2D eigenvalue weighted by Crippen LogP contribution is 2.37. The monoisotopic (exact) mass is 513 g/mol. The Morgan fingerprint density at radius 1 is 0.889 bits per heavy atom. The van der Waals surface area contributed by atoms with E-state index in [-0.39, 0.29) is 10.6 Å². The van der Waals surface area contributed by atoms with Gasteiger partial charge in [0.05, 0.1) is 45.2 Å². The molecule has 0 saturated carbocycles. The van der Waals surface area contributed by atoms with Crippen LogP contribution in [0.1, 0.15) is 5.56 Å². The van der Waals surface area contributed by atoms with Crippen molar-refractivity contribution in [3.63, 3.8) is 0 Å². The van der Waals surface area contributed by atoms with Gasteiger partial charge in [-0.3, -0.25) is 9.10 Å². The molecule has 0 spiro atoms. The van der Waals surface area contributed by atoms with E-state index in [9.17, 15) is 13.2 Å². The molecule has 0 aromatic heterocycles. The third-order valence-electron chi connectivity index (χ3n) is 5.05. The molecule has 0 aliphatic carbocycles. The number of sulfonamides is 1. The number of hydrazone groups is 1.